The van der Waals surface area contributed by atoms with Crippen LogP contribution in [0.1, 0.15) is 11.3 Å². The molecular weight excluding hydrogens is 178 g/mol. The first-order chi connectivity index (χ1) is 6.63. The van der Waals surface area contributed by atoms with Crippen LogP contribution in [0.15, 0.2) is 12.1 Å². The van der Waals surface area contributed by atoms with Gasteiger partial charge >= 0.3 is 0 Å². The maximum atomic E-state index is 9.56. The molecule has 3 nitrogen and oxygen atoms in total. The van der Waals surface area contributed by atoms with Gasteiger partial charge in [0.15, 0.2) is 11.5 Å². The van der Waals surface area contributed by atoms with Gasteiger partial charge in [-0.25, -0.2) is 0 Å². The van der Waals surface area contributed by atoms with Crippen LogP contribution < -0.4 is 4.74 Å². The molecule has 0 atom stereocenters. The second kappa shape index (κ2) is 2.94. The average molecular weight is 191 g/mol. The van der Waals surface area contributed by atoms with Crippen LogP contribution in [-0.4, -0.2) is 17.2 Å². The zero-order valence-corrected chi connectivity index (χ0v) is 8.51. The standard InChI is InChI=1S/C11H13NO2/c1-6-7(2)12-9-5-10(13)11(14-3)4-8(6)9/h4-5,12-13H,1-3H3. The molecule has 0 bridgehead atoms. The number of H-pyrrole nitrogens is 1. The molecule has 3 heteroatoms. The Balaban J connectivity index is 2.80. The van der Waals surface area contributed by atoms with Gasteiger partial charge in [-0.1, -0.05) is 0 Å². The largest absolute Gasteiger partial charge is 0.504 e. The number of ether oxygens (including phenoxy) is 1. The smallest absolute Gasteiger partial charge is 0.161 e. The summed E-state index contributed by atoms with van der Waals surface area (Å²) >= 11 is 0. The lowest BCUT2D eigenvalue weighted by atomic mass is 10.1. The summed E-state index contributed by atoms with van der Waals surface area (Å²) in [4.78, 5) is 3.20. The maximum Gasteiger partial charge on any atom is 0.161 e. The number of fused-ring (bicyclic) bond motifs is 1. The summed E-state index contributed by atoms with van der Waals surface area (Å²) in [6.07, 6.45) is 0. The van der Waals surface area contributed by atoms with Crippen molar-refractivity contribution in [2.75, 3.05) is 7.11 Å². The van der Waals surface area contributed by atoms with E-state index in [0.717, 1.165) is 16.6 Å². The molecule has 0 aliphatic heterocycles. The highest BCUT2D eigenvalue weighted by Gasteiger charge is 2.08. The fraction of sp³-hybridized carbons (Fsp3) is 0.273. The number of rotatable bonds is 1. The molecule has 0 amide bonds. The van der Waals surface area contributed by atoms with Gasteiger partial charge < -0.3 is 14.8 Å². The van der Waals surface area contributed by atoms with Crippen LogP contribution in [0.4, 0.5) is 0 Å². The lowest BCUT2D eigenvalue weighted by Gasteiger charge is -2.02. The van der Waals surface area contributed by atoms with E-state index < -0.39 is 0 Å². The molecule has 1 aromatic heterocycles. The van der Waals surface area contributed by atoms with Crippen LogP contribution >= 0.6 is 0 Å². The Morgan fingerprint density at radius 2 is 2.00 bits per heavy atom. The average Bonchev–Trinajstić information content (AvgIpc) is 2.41. The van der Waals surface area contributed by atoms with E-state index in [0.29, 0.717) is 5.75 Å². The second-order valence-electron chi connectivity index (χ2n) is 3.44. The van der Waals surface area contributed by atoms with Crippen molar-refractivity contribution in [3.8, 4) is 11.5 Å². The summed E-state index contributed by atoms with van der Waals surface area (Å²) in [5.74, 6) is 0.681. The molecule has 2 rings (SSSR count). The fourth-order valence-electron chi connectivity index (χ4n) is 1.64. The number of phenolic OH excluding ortho intramolecular Hbond substituents is 1. The van der Waals surface area contributed by atoms with Crippen molar-refractivity contribution < 1.29 is 9.84 Å². The monoisotopic (exact) mass is 191 g/mol. The van der Waals surface area contributed by atoms with Crippen molar-refractivity contribution in [2.24, 2.45) is 0 Å². The Morgan fingerprint density at radius 1 is 1.29 bits per heavy atom. The summed E-state index contributed by atoms with van der Waals surface area (Å²) in [5.41, 5.74) is 3.25. The van der Waals surface area contributed by atoms with Crippen LogP contribution in [0.5, 0.6) is 11.5 Å². The predicted octanol–water partition coefficient (Wildman–Crippen LogP) is 2.50. The minimum absolute atomic E-state index is 0.168. The predicted molar refractivity (Wildman–Crippen MR) is 56.0 cm³/mol. The van der Waals surface area contributed by atoms with E-state index in [9.17, 15) is 5.11 Å². The molecule has 0 spiro atoms. The zero-order chi connectivity index (χ0) is 10.3. The number of hydrogen-bond acceptors (Lipinski definition) is 2. The van der Waals surface area contributed by atoms with Crippen molar-refractivity contribution in [3.05, 3.63) is 23.4 Å². The molecule has 2 N–H and O–H groups in total. The Hall–Kier alpha value is -1.64. The number of phenols is 1. The van der Waals surface area contributed by atoms with Crippen molar-refractivity contribution in [2.45, 2.75) is 13.8 Å². The minimum Gasteiger partial charge on any atom is -0.504 e. The Morgan fingerprint density at radius 3 is 2.64 bits per heavy atom. The highest BCUT2D eigenvalue weighted by Crippen LogP contribution is 2.33. The van der Waals surface area contributed by atoms with Gasteiger partial charge in [0.2, 0.25) is 0 Å². The Bertz CT molecular complexity index is 485. The van der Waals surface area contributed by atoms with Gasteiger partial charge in [-0.05, 0) is 25.5 Å². The summed E-state index contributed by atoms with van der Waals surface area (Å²) in [7, 11) is 1.55. The van der Waals surface area contributed by atoms with Gasteiger partial charge in [0, 0.05) is 22.7 Å². The van der Waals surface area contributed by atoms with Crippen LogP contribution in [0, 0.1) is 13.8 Å². The van der Waals surface area contributed by atoms with E-state index in [1.54, 1.807) is 13.2 Å². The highest BCUT2D eigenvalue weighted by atomic mass is 16.5. The number of nitrogens with one attached hydrogen (secondary N) is 1. The first-order valence-corrected chi connectivity index (χ1v) is 4.49. The number of methoxy groups -OCH3 is 1. The summed E-state index contributed by atoms with van der Waals surface area (Å²) < 4.78 is 5.05. The van der Waals surface area contributed by atoms with Crippen molar-refractivity contribution in [1.29, 1.82) is 0 Å². The SMILES string of the molecule is COc1cc2c(C)c(C)[nH]c2cc1O. The van der Waals surface area contributed by atoms with Crippen molar-refractivity contribution in [1.82, 2.24) is 4.98 Å². The molecule has 0 radical (unpaired) electrons. The Kier molecular flexibility index (Phi) is 1.88. The van der Waals surface area contributed by atoms with Crippen molar-refractivity contribution >= 4 is 10.9 Å². The quantitative estimate of drug-likeness (QED) is 0.727. The highest BCUT2D eigenvalue weighted by molar-refractivity contribution is 5.87. The fourth-order valence-corrected chi connectivity index (χ4v) is 1.64. The summed E-state index contributed by atoms with van der Waals surface area (Å²) in [6.45, 7) is 4.06. The molecular formula is C11H13NO2. The number of aromatic amines is 1. The second-order valence-corrected chi connectivity index (χ2v) is 3.44. The number of benzene rings is 1. The van der Waals surface area contributed by atoms with Crippen LogP contribution in [0.3, 0.4) is 0 Å². The molecule has 1 heterocycles. The third kappa shape index (κ3) is 1.13. The molecule has 0 saturated heterocycles. The molecule has 14 heavy (non-hydrogen) atoms. The number of hydrogen-bond donors (Lipinski definition) is 2. The Labute approximate surface area is 82.3 Å². The van der Waals surface area contributed by atoms with Crippen LogP contribution in [0.25, 0.3) is 10.9 Å². The number of aromatic hydroxyl groups is 1. The maximum absolute atomic E-state index is 9.56. The molecule has 0 unspecified atom stereocenters. The van der Waals surface area contributed by atoms with E-state index in [2.05, 4.69) is 4.98 Å². The molecule has 0 saturated carbocycles. The lowest BCUT2D eigenvalue weighted by molar-refractivity contribution is 0.374. The summed E-state index contributed by atoms with van der Waals surface area (Å²) in [6, 6.07) is 3.54. The van der Waals surface area contributed by atoms with Crippen LogP contribution in [-0.2, 0) is 0 Å². The molecule has 2 aromatic rings. The lowest BCUT2D eigenvalue weighted by Crippen LogP contribution is -1.83. The van der Waals surface area contributed by atoms with Gasteiger partial charge in [0.1, 0.15) is 0 Å². The van der Waals surface area contributed by atoms with Gasteiger partial charge in [0.05, 0.1) is 7.11 Å². The molecule has 74 valence electrons. The molecule has 0 aliphatic rings. The van der Waals surface area contributed by atoms with E-state index in [1.807, 2.05) is 19.9 Å². The number of aryl methyl sites for hydroxylation is 2. The number of aromatic nitrogens is 1. The van der Waals surface area contributed by atoms with Crippen molar-refractivity contribution in [3.63, 3.8) is 0 Å². The first-order valence-electron chi connectivity index (χ1n) is 4.49. The van der Waals surface area contributed by atoms with Gasteiger partial charge in [0.25, 0.3) is 0 Å². The van der Waals surface area contributed by atoms with Gasteiger partial charge in [-0.2, -0.15) is 0 Å². The minimum atomic E-state index is 0.168. The molecule has 1 aromatic carbocycles. The normalized spacial score (nSPS) is 10.8. The van der Waals surface area contributed by atoms with Crippen LogP contribution in [0.2, 0.25) is 0 Å². The van der Waals surface area contributed by atoms with Gasteiger partial charge in [-0.3, -0.25) is 0 Å². The van der Waals surface area contributed by atoms with E-state index in [4.69, 9.17) is 4.74 Å². The van der Waals surface area contributed by atoms with E-state index in [1.165, 1.54) is 5.56 Å². The first kappa shape index (κ1) is 8.94. The third-order valence-corrected chi connectivity index (χ3v) is 2.61. The van der Waals surface area contributed by atoms with Gasteiger partial charge in [-0.15, -0.1) is 0 Å². The summed E-state index contributed by atoms with van der Waals surface area (Å²) in [5, 5.41) is 10.7. The molecule has 0 aliphatic carbocycles. The zero-order valence-electron chi connectivity index (χ0n) is 8.51. The van der Waals surface area contributed by atoms with E-state index >= 15 is 0 Å². The third-order valence-electron chi connectivity index (χ3n) is 2.61. The van der Waals surface area contributed by atoms with E-state index in [-0.39, 0.29) is 5.75 Å². The topological polar surface area (TPSA) is 45.2 Å². The molecule has 0 fully saturated rings.